The van der Waals surface area contributed by atoms with Crippen molar-refractivity contribution in [1.29, 1.82) is 0 Å². The van der Waals surface area contributed by atoms with Crippen LogP contribution in [0.3, 0.4) is 0 Å². The van der Waals surface area contributed by atoms with E-state index in [-0.39, 0.29) is 0 Å². The number of nitrogens with zero attached hydrogens (tertiary/aromatic N) is 1. The molecule has 0 saturated carbocycles. The van der Waals surface area contributed by atoms with Gasteiger partial charge in [0.15, 0.2) is 0 Å². The first-order chi connectivity index (χ1) is 6.09. The minimum atomic E-state index is 0.875. The minimum absolute atomic E-state index is 0.875. The lowest BCUT2D eigenvalue weighted by Gasteiger charge is -2.01. The summed E-state index contributed by atoms with van der Waals surface area (Å²) in [5.74, 6) is 0. The summed E-state index contributed by atoms with van der Waals surface area (Å²) in [6.07, 6.45) is 0. The van der Waals surface area contributed by atoms with Gasteiger partial charge >= 0.3 is 0 Å². The van der Waals surface area contributed by atoms with Crippen LogP contribution in [0.2, 0.25) is 0 Å². The molecule has 2 rings (SSSR count). The fraction of sp³-hybridized carbons (Fsp3) is 0.273. The maximum atomic E-state index is 9.63. The third-order valence-electron chi connectivity index (χ3n) is 2.57. The van der Waals surface area contributed by atoms with Crippen LogP contribution in [0.5, 0.6) is 0 Å². The van der Waals surface area contributed by atoms with Crippen LogP contribution >= 0.6 is 0 Å². The molecule has 1 aromatic carbocycles. The molecule has 1 aromatic heterocycles. The first-order valence-electron chi connectivity index (χ1n) is 4.38. The average Bonchev–Trinajstić information content (AvgIpc) is 2.32. The van der Waals surface area contributed by atoms with E-state index in [0.717, 1.165) is 16.6 Å². The summed E-state index contributed by atoms with van der Waals surface area (Å²) in [5, 5.41) is 10.7. The van der Waals surface area contributed by atoms with Crippen molar-refractivity contribution >= 4 is 10.9 Å². The van der Waals surface area contributed by atoms with Crippen molar-refractivity contribution in [3.8, 4) is 0 Å². The van der Waals surface area contributed by atoms with Crippen molar-refractivity contribution in [2.75, 3.05) is 0 Å². The Morgan fingerprint density at radius 2 is 1.62 bits per heavy atom. The predicted octanol–water partition coefficient (Wildman–Crippen LogP) is 2.80. The molecular weight excluding hydrogens is 162 g/mol. The zero-order chi connectivity index (χ0) is 9.59. The summed E-state index contributed by atoms with van der Waals surface area (Å²) < 4.78 is 1.24. The van der Waals surface area contributed by atoms with Crippen LogP contribution in [0.4, 0.5) is 0 Å². The zero-order valence-corrected chi connectivity index (χ0v) is 8.13. The molecule has 0 fully saturated rings. The second-order valence-electron chi connectivity index (χ2n) is 3.59. The van der Waals surface area contributed by atoms with Crippen LogP contribution in [0.15, 0.2) is 18.2 Å². The van der Waals surface area contributed by atoms with E-state index in [9.17, 15) is 5.21 Å². The lowest BCUT2D eigenvalue weighted by atomic mass is 10.1. The molecule has 0 aliphatic carbocycles. The van der Waals surface area contributed by atoms with Gasteiger partial charge in [0, 0.05) is 5.39 Å². The molecule has 68 valence electrons. The van der Waals surface area contributed by atoms with Crippen LogP contribution < -0.4 is 0 Å². The van der Waals surface area contributed by atoms with Crippen LogP contribution in [0.25, 0.3) is 10.9 Å². The summed E-state index contributed by atoms with van der Waals surface area (Å²) in [6, 6.07) is 6.10. The Labute approximate surface area is 77.4 Å². The van der Waals surface area contributed by atoms with Crippen LogP contribution in [-0.2, 0) is 0 Å². The summed E-state index contributed by atoms with van der Waals surface area (Å²) in [5.41, 5.74) is 4.24. The van der Waals surface area contributed by atoms with E-state index in [1.54, 1.807) is 0 Å². The topological polar surface area (TPSA) is 25.2 Å². The number of aryl methyl sites for hydroxylation is 3. The normalized spacial score (nSPS) is 11.0. The van der Waals surface area contributed by atoms with Gasteiger partial charge in [-0.2, -0.15) is 4.73 Å². The van der Waals surface area contributed by atoms with Crippen molar-refractivity contribution in [3.63, 3.8) is 0 Å². The highest BCUT2D eigenvalue weighted by Gasteiger charge is 2.05. The van der Waals surface area contributed by atoms with E-state index < -0.39 is 0 Å². The Morgan fingerprint density at radius 1 is 1.00 bits per heavy atom. The minimum Gasteiger partial charge on any atom is -0.428 e. The molecule has 0 amide bonds. The third-order valence-corrected chi connectivity index (χ3v) is 2.57. The second-order valence-corrected chi connectivity index (χ2v) is 3.59. The number of aromatic nitrogens is 1. The quantitative estimate of drug-likeness (QED) is 0.612. The molecule has 0 radical (unpaired) electrons. The highest BCUT2D eigenvalue weighted by Crippen LogP contribution is 2.21. The van der Waals surface area contributed by atoms with Gasteiger partial charge in [0.1, 0.15) is 0 Å². The summed E-state index contributed by atoms with van der Waals surface area (Å²) in [6.45, 7) is 6.03. The van der Waals surface area contributed by atoms with Gasteiger partial charge in [-0.15, -0.1) is 0 Å². The zero-order valence-electron chi connectivity index (χ0n) is 8.13. The van der Waals surface area contributed by atoms with Crippen molar-refractivity contribution in [2.24, 2.45) is 0 Å². The van der Waals surface area contributed by atoms with E-state index in [1.807, 2.05) is 19.1 Å². The molecule has 0 bridgehead atoms. The Bertz CT molecular complexity index is 468. The molecule has 0 aliphatic heterocycles. The van der Waals surface area contributed by atoms with Gasteiger partial charge in [-0.05, 0) is 50.1 Å². The maximum Gasteiger partial charge on any atom is 0.0871 e. The average molecular weight is 175 g/mol. The summed E-state index contributed by atoms with van der Waals surface area (Å²) >= 11 is 0. The Kier molecular flexibility index (Phi) is 1.59. The lowest BCUT2D eigenvalue weighted by molar-refractivity contribution is 0.193. The molecule has 0 aliphatic rings. The smallest absolute Gasteiger partial charge is 0.0871 e. The van der Waals surface area contributed by atoms with Gasteiger partial charge in [-0.3, -0.25) is 0 Å². The Morgan fingerprint density at radius 3 is 2.31 bits per heavy atom. The standard InChI is InChI=1S/C11H13NO/c1-7-4-10-6-9(3)12(13)11(10)5-8(7)2/h4-6,13H,1-3H3. The van der Waals surface area contributed by atoms with Gasteiger partial charge in [0.05, 0.1) is 11.2 Å². The van der Waals surface area contributed by atoms with Gasteiger partial charge in [-0.25, -0.2) is 0 Å². The third kappa shape index (κ3) is 1.10. The number of rotatable bonds is 0. The summed E-state index contributed by atoms with van der Waals surface area (Å²) in [4.78, 5) is 0. The number of benzene rings is 1. The van der Waals surface area contributed by atoms with Crippen molar-refractivity contribution in [2.45, 2.75) is 20.8 Å². The van der Waals surface area contributed by atoms with Gasteiger partial charge in [0.2, 0.25) is 0 Å². The van der Waals surface area contributed by atoms with Gasteiger partial charge in [-0.1, -0.05) is 0 Å². The number of hydrogen-bond donors (Lipinski definition) is 1. The second kappa shape index (κ2) is 2.52. The van der Waals surface area contributed by atoms with Crippen LogP contribution in [-0.4, -0.2) is 9.94 Å². The molecule has 2 aromatic rings. The van der Waals surface area contributed by atoms with Gasteiger partial charge < -0.3 is 5.21 Å². The van der Waals surface area contributed by atoms with E-state index in [2.05, 4.69) is 19.9 Å². The van der Waals surface area contributed by atoms with E-state index in [1.165, 1.54) is 15.9 Å². The first-order valence-corrected chi connectivity index (χ1v) is 4.38. The molecule has 1 N–H and O–H groups in total. The fourth-order valence-corrected chi connectivity index (χ4v) is 1.60. The predicted molar refractivity (Wildman–Crippen MR) is 53.3 cm³/mol. The largest absolute Gasteiger partial charge is 0.428 e. The highest BCUT2D eigenvalue weighted by atomic mass is 16.5. The maximum absolute atomic E-state index is 9.63. The molecular formula is C11H13NO. The Hall–Kier alpha value is -1.44. The monoisotopic (exact) mass is 175 g/mol. The summed E-state index contributed by atoms with van der Waals surface area (Å²) in [7, 11) is 0. The fourth-order valence-electron chi connectivity index (χ4n) is 1.60. The van der Waals surface area contributed by atoms with Crippen LogP contribution in [0.1, 0.15) is 16.8 Å². The van der Waals surface area contributed by atoms with E-state index >= 15 is 0 Å². The van der Waals surface area contributed by atoms with Crippen molar-refractivity contribution in [3.05, 3.63) is 35.0 Å². The highest BCUT2D eigenvalue weighted by molar-refractivity contribution is 5.82. The molecule has 0 saturated heterocycles. The molecule has 0 atom stereocenters. The SMILES string of the molecule is Cc1cc2cc(C)n(O)c2cc1C. The first kappa shape index (κ1) is 8.17. The van der Waals surface area contributed by atoms with Gasteiger partial charge in [0.25, 0.3) is 0 Å². The van der Waals surface area contributed by atoms with E-state index in [0.29, 0.717) is 0 Å². The molecule has 13 heavy (non-hydrogen) atoms. The lowest BCUT2D eigenvalue weighted by Crippen LogP contribution is -1.92. The number of fused-ring (bicyclic) bond motifs is 1. The molecule has 2 heteroatoms. The van der Waals surface area contributed by atoms with Crippen LogP contribution in [0, 0.1) is 20.8 Å². The molecule has 1 heterocycles. The van der Waals surface area contributed by atoms with E-state index in [4.69, 9.17) is 0 Å². The Balaban J connectivity index is 2.89. The molecule has 0 spiro atoms. The number of hydrogen-bond acceptors (Lipinski definition) is 1. The van der Waals surface area contributed by atoms with Crippen molar-refractivity contribution < 1.29 is 5.21 Å². The molecule has 2 nitrogen and oxygen atoms in total. The van der Waals surface area contributed by atoms with Crippen molar-refractivity contribution in [1.82, 2.24) is 4.73 Å². The molecule has 0 unspecified atom stereocenters.